The van der Waals surface area contributed by atoms with Gasteiger partial charge in [0.15, 0.2) is 0 Å². The lowest BCUT2D eigenvalue weighted by molar-refractivity contribution is 0.419. The van der Waals surface area contributed by atoms with Crippen molar-refractivity contribution in [3.63, 3.8) is 0 Å². The van der Waals surface area contributed by atoms with Crippen LogP contribution in [0.2, 0.25) is 0 Å². The Morgan fingerprint density at radius 1 is 1.22 bits per heavy atom. The third-order valence-electron chi connectivity index (χ3n) is 3.25. The fraction of sp³-hybridized carbons (Fsp3) is 0.444. The molecule has 0 heteroatoms. The maximum absolute atomic E-state index is 5.71. The molecule has 0 N–H and O–H groups in total. The van der Waals surface area contributed by atoms with Crippen LogP contribution in [0.5, 0.6) is 0 Å². The fourth-order valence-corrected chi connectivity index (χ4v) is 2.25. The second-order valence-electron chi connectivity index (χ2n) is 4.79. The van der Waals surface area contributed by atoms with E-state index in [9.17, 15) is 0 Å². The van der Waals surface area contributed by atoms with E-state index >= 15 is 0 Å². The highest BCUT2D eigenvalue weighted by Gasteiger charge is 2.23. The van der Waals surface area contributed by atoms with Crippen molar-refractivity contribution in [2.75, 3.05) is 0 Å². The second kappa shape index (κ2) is 8.59. The van der Waals surface area contributed by atoms with Crippen LogP contribution < -0.4 is 0 Å². The van der Waals surface area contributed by atoms with Gasteiger partial charge in [0.2, 0.25) is 0 Å². The summed E-state index contributed by atoms with van der Waals surface area (Å²) >= 11 is 0. The smallest absolute Gasteiger partial charge is 0.0326 e. The Bertz CT molecular complexity index is 385. The zero-order chi connectivity index (χ0) is 14.1. The highest BCUT2D eigenvalue weighted by molar-refractivity contribution is 5.33. The molecule has 18 heavy (non-hydrogen) atoms. The lowest BCUT2D eigenvalue weighted by Gasteiger charge is -2.26. The van der Waals surface area contributed by atoms with Crippen LogP contribution >= 0.6 is 0 Å². The molecule has 0 saturated carbocycles. The van der Waals surface area contributed by atoms with Crippen molar-refractivity contribution >= 4 is 0 Å². The van der Waals surface area contributed by atoms with E-state index in [0.717, 1.165) is 5.57 Å². The Kier molecular flexibility index (Phi) is 7.88. The molecule has 3 atom stereocenters. The second-order valence-corrected chi connectivity index (χ2v) is 4.79. The van der Waals surface area contributed by atoms with E-state index in [0.29, 0.717) is 11.8 Å². The van der Waals surface area contributed by atoms with Crippen LogP contribution in [-0.2, 0) is 0 Å². The molecule has 0 nitrogen and oxygen atoms in total. The Morgan fingerprint density at radius 2 is 1.83 bits per heavy atom. The van der Waals surface area contributed by atoms with Gasteiger partial charge in [-0.2, -0.15) is 0 Å². The Hall–Kier alpha value is -1.48. The zero-order valence-electron chi connectivity index (χ0n) is 12.4. The molecule has 3 unspecified atom stereocenters. The van der Waals surface area contributed by atoms with Gasteiger partial charge in [0, 0.05) is 5.92 Å². The minimum Gasteiger partial charge on any atom is -0.120 e. The van der Waals surface area contributed by atoms with E-state index in [2.05, 4.69) is 50.7 Å². The van der Waals surface area contributed by atoms with Crippen LogP contribution in [0, 0.1) is 30.1 Å². The molecule has 0 aromatic rings. The van der Waals surface area contributed by atoms with Crippen molar-refractivity contribution in [1.82, 2.24) is 0 Å². The van der Waals surface area contributed by atoms with Crippen LogP contribution in [0.1, 0.15) is 34.6 Å². The molecule has 0 radical (unpaired) electrons. The molecule has 0 bridgehead atoms. The number of hydrogen-bond acceptors (Lipinski definition) is 0. The van der Waals surface area contributed by atoms with Crippen LogP contribution in [0.3, 0.4) is 0 Å². The number of rotatable bonds is 6. The molecule has 0 aliphatic carbocycles. The van der Waals surface area contributed by atoms with Crippen LogP contribution in [-0.4, -0.2) is 0 Å². The summed E-state index contributed by atoms with van der Waals surface area (Å²) < 4.78 is 0. The number of terminal acetylenes is 1. The molecule has 0 heterocycles. The first kappa shape index (κ1) is 16.5. The summed E-state index contributed by atoms with van der Waals surface area (Å²) in [6, 6.07) is 0. The molecule has 0 aliphatic rings. The summed E-state index contributed by atoms with van der Waals surface area (Å²) in [7, 11) is 0. The summed E-state index contributed by atoms with van der Waals surface area (Å²) in [5.41, 5.74) is 2.33. The van der Waals surface area contributed by atoms with Gasteiger partial charge in [-0.25, -0.2) is 0 Å². The summed E-state index contributed by atoms with van der Waals surface area (Å²) in [6.45, 7) is 14.5. The normalized spacial score (nSPS) is 17.7. The van der Waals surface area contributed by atoms with Crippen molar-refractivity contribution in [2.45, 2.75) is 34.6 Å². The molecule has 0 spiro atoms. The van der Waals surface area contributed by atoms with Crippen molar-refractivity contribution in [3.8, 4) is 12.3 Å². The minimum atomic E-state index is 0.203. The molecule has 0 aromatic heterocycles. The van der Waals surface area contributed by atoms with Crippen molar-refractivity contribution in [3.05, 3.63) is 48.1 Å². The predicted octanol–water partition coefficient (Wildman–Crippen LogP) is 5.16. The molecular formula is C18H26. The van der Waals surface area contributed by atoms with E-state index in [4.69, 9.17) is 6.42 Å². The molecule has 98 valence electrons. The molecular weight excluding hydrogens is 216 g/mol. The van der Waals surface area contributed by atoms with E-state index in [1.54, 1.807) is 0 Å². The topological polar surface area (TPSA) is 0 Å². The third-order valence-corrected chi connectivity index (χ3v) is 3.25. The summed E-state index contributed by atoms with van der Waals surface area (Å²) in [6.07, 6.45) is 16.2. The average molecular weight is 242 g/mol. The molecule has 0 aromatic carbocycles. The molecule has 0 rings (SSSR count). The van der Waals surface area contributed by atoms with E-state index in [1.807, 2.05) is 26.8 Å². The van der Waals surface area contributed by atoms with E-state index in [-0.39, 0.29) is 5.92 Å². The monoisotopic (exact) mass is 242 g/mol. The van der Waals surface area contributed by atoms with Gasteiger partial charge in [-0.1, -0.05) is 56.4 Å². The first-order chi connectivity index (χ1) is 8.49. The van der Waals surface area contributed by atoms with Crippen molar-refractivity contribution in [2.24, 2.45) is 17.8 Å². The maximum Gasteiger partial charge on any atom is 0.0326 e. The van der Waals surface area contributed by atoms with Crippen LogP contribution in [0.25, 0.3) is 0 Å². The zero-order valence-corrected chi connectivity index (χ0v) is 12.4. The first-order valence-corrected chi connectivity index (χ1v) is 6.57. The van der Waals surface area contributed by atoms with E-state index < -0.39 is 0 Å². The quantitative estimate of drug-likeness (QED) is 0.343. The van der Waals surface area contributed by atoms with Crippen LogP contribution in [0.15, 0.2) is 48.1 Å². The van der Waals surface area contributed by atoms with Gasteiger partial charge in [0.1, 0.15) is 0 Å². The highest BCUT2D eigenvalue weighted by Crippen LogP contribution is 2.30. The van der Waals surface area contributed by atoms with Gasteiger partial charge >= 0.3 is 0 Å². The Labute approximate surface area is 113 Å². The summed E-state index contributed by atoms with van der Waals surface area (Å²) in [5.74, 6) is 3.84. The SMILES string of the molecule is C#CC(C(C)C=CC)C(C)C(=CC=CC)C(=C)C. The summed E-state index contributed by atoms with van der Waals surface area (Å²) in [4.78, 5) is 0. The predicted molar refractivity (Wildman–Crippen MR) is 83.2 cm³/mol. The van der Waals surface area contributed by atoms with Crippen molar-refractivity contribution in [1.29, 1.82) is 0 Å². The van der Waals surface area contributed by atoms with Gasteiger partial charge in [0.25, 0.3) is 0 Å². The van der Waals surface area contributed by atoms with E-state index in [1.165, 1.54) is 5.57 Å². The standard InChI is InChI=1S/C18H26/c1-8-11-13-18(14(4)5)16(7)17(10-3)15(6)12-9-2/h3,8-9,11-13,15-17H,4H2,1-2,5-7H3. The summed E-state index contributed by atoms with van der Waals surface area (Å²) in [5, 5.41) is 0. The maximum atomic E-state index is 5.71. The van der Waals surface area contributed by atoms with Crippen molar-refractivity contribution < 1.29 is 0 Å². The Balaban J connectivity index is 5.23. The molecule has 0 amide bonds. The van der Waals surface area contributed by atoms with Gasteiger partial charge in [0.05, 0.1) is 0 Å². The highest BCUT2D eigenvalue weighted by atomic mass is 14.3. The third kappa shape index (κ3) is 4.80. The largest absolute Gasteiger partial charge is 0.120 e. The minimum absolute atomic E-state index is 0.203. The number of allylic oxidation sites excluding steroid dienone is 7. The van der Waals surface area contributed by atoms with Crippen LogP contribution in [0.4, 0.5) is 0 Å². The number of hydrogen-bond donors (Lipinski definition) is 0. The van der Waals surface area contributed by atoms with Gasteiger partial charge in [-0.15, -0.1) is 12.3 Å². The lowest BCUT2D eigenvalue weighted by atomic mass is 9.78. The van der Waals surface area contributed by atoms with Gasteiger partial charge < -0.3 is 0 Å². The first-order valence-electron chi connectivity index (χ1n) is 6.57. The Morgan fingerprint density at radius 3 is 2.22 bits per heavy atom. The van der Waals surface area contributed by atoms with Gasteiger partial charge in [-0.3, -0.25) is 0 Å². The molecule has 0 fully saturated rings. The van der Waals surface area contributed by atoms with Gasteiger partial charge in [-0.05, 0) is 38.2 Å². The molecule has 0 aliphatic heterocycles. The lowest BCUT2D eigenvalue weighted by Crippen LogP contribution is -2.19. The fourth-order valence-electron chi connectivity index (χ4n) is 2.25. The average Bonchev–Trinajstić information content (AvgIpc) is 2.30. The molecule has 0 saturated heterocycles.